The van der Waals surface area contributed by atoms with Gasteiger partial charge in [0.1, 0.15) is 11.5 Å². The number of anilines is 1. The molecule has 0 radical (unpaired) electrons. The van der Waals surface area contributed by atoms with Crippen molar-refractivity contribution in [3.8, 4) is 0 Å². The molecule has 5 heteroatoms. The molecule has 3 N–H and O–H groups in total. The highest BCUT2D eigenvalue weighted by molar-refractivity contribution is 5.92. The quantitative estimate of drug-likeness (QED) is 0.772. The summed E-state index contributed by atoms with van der Waals surface area (Å²) < 4.78 is 0. The first-order valence-corrected chi connectivity index (χ1v) is 5.05. The number of carbonyl (C=O) groups is 1. The van der Waals surface area contributed by atoms with Crippen LogP contribution in [-0.2, 0) is 0 Å². The van der Waals surface area contributed by atoms with E-state index in [2.05, 4.69) is 15.3 Å². The van der Waals surface area contributed by atoms with Gasteiger partial charge in [0.15, 0.2) is 0 Å². The minimum atomic E-state index is -0.198. The lowest BCUT2D eigenvalue weighted by Gasteiger charge is -2.13. The van der Waals surface area contributed by atoms with Crippen LogP contribution in [0.25, 0.3) is 0 Å². The molecule has 0 aliphatic heterocycles. The number of aromatic nitrogens is 2. The maximum atomic E-state index is 11.6. The molecule has 82 valence electrons. The Morgan fingerprint density at radius 3 is 2.53 bits per heavy atom. The van der Waals surface area contributed by atoms with Crippen molar-refractivity contribution in [3.05, 3.63) is 18.1 Å². The Morgan fingerprint density at radius 1 is 1.40 bits per heavy atom. The van der Waals surface area contributed by atoms with Crippen molar-refractivity contribution in [2.75, 3.05) is 5.73 Å². The van der Waals surface area contributed by atoms with Gasteiger partial charge in [-0.05, 0) is 12.8 Å². The molecule has 0 saturated heterocycles. The van der Waals surface area contributed by atoms with Crippen LogP contribution in [0.2, 0.25) is 0 Å². The molecule has 1 amide bonds. The van der Waals surface area contributed by atoms with Crippen LogP contribution in [0.1, 0.15) is 37.2 Å². The van der Waals surface area contributed by atoms with Crippen molar-refractivity contribution >= 4 is 11.7 Å². The van der Waals surface area contributed by atoms with Crippen LogP contribution in [-0.4, -0.2) is 21.9 Å². The molecule has 1 heterocycles. The maximum absolute atomic E-state index is 11.6. The van der Waals surface area contributed by atoms with Gasteiger partial charge in [-0.15, -0.1) is 0 Å². The predicted octanol–water partition coefficient (Wildman–Crippen LogP) is 0.977. The molecule has 0 saturated carbocycles. The molecule has 15 heavy (non-hydrogen) atoms. The Balaban J connectivity index is 2.64. The van der Waals surface area contributed by atoms with Gasteiger partial charge in [0.25, 0.3) is 5.91 Å². The van der Waals surface area contributed by atoms with E-state index in [4.69, 9.17) is 5.73 Å². The fraction of sp³-hybridized carbons (Fsp3) is 0.500. The highest BCUT2D eigenvalue weighted by atomic mass is 16.1. The second kappa shape index (κ2) is 5.29. The minimum Gasteiger partial charge on any atom is -0.382 e. The average Bonchev–Trinajstić information content (AvgIpc) is 2.26. The Hall–Kier alpha value is -1.65. The number of nitrogens with one attached hydrogen (secondary N) is 1. The van der Waals surface area contributed by atoms with E-state index < -0.39 is 0 Å². The number of nitrogens with two attached hydrogens (primary N) is 1. The number of nitrogens with zero attached hydrogens (tertiary/aromatic N) is 2. The number of hydrogen-bond donors (Lipinski definition) is 2. The molecular weight excluding hydrogens is 192 g/mol. The molecule has 0 unspecified atom stereocenters. The van der Waals surface area contributed by atoms with E-state index in [1.54, 1.807) is 0 Å². The fourth-order valence-corrected chi connectivity index (χ4v) is 1.21. The van der Waals surface area contributed by atoms with Crippen LogP contribution in [0.15, 0.2) is 12.4 Å². The van der Waals surface area contributed by atoms with Gasteiger partial charge in [0.05, 0.1) is 12.4 Å². The Labute approximate surface area is 89.1 Å². The molecule has 1 aromatic rings. The minimum absolute atomic E-state index is 0.192. The van der Waals surface area contributed by atoms with E-state index in [-0.39, 0.29) is 11.9 Å². The van der Waals surface area contributed by atoms with Crippen molar-refractivity contribution in [3.63, 3.8) is 0 Å². The summed E-state index contributed by atoms with van der Waals surface area (Å²) in [5, 5.41) is 2.87. The number of amides is 1. The molecule has 0 fully saturated rings. The van der Waals surface area contributed by atoms with Crippen LogP contribution in [0, 0.1) is 0 Å². The van der Waals surface area contributed by atoms with Crippen LogP contribution >= 0.6 is 0 Å². The van der Waals surface area contributed by atoms with Gasteiger partial charge in [0, 0.05) is 6.04 Å². The smallest absolute Gasteiger partial charge is 0.271 e. The van der Waals surface area contributed by atoms with E-state index in [1.807, 2.05) is 13.8 Å². The second-order valence-electron chi connectivity index (χ2n) is 3.31. The molecule has 1 rings (SSSR count). The zero-order chi connectivity index (χ0) is 11.3. The summed E-state index contributed by atoms with van der Waals surface area (Å²) in [7, 11) is 0. The largest absolute Gasteiger partial charge is 0.382 e. The summed E-state index contributed by atoms with van der Waals surface area (Å²) >= 11 is 0. The summed E-state index contributed by atoms with van der Waals surface area (Å²) in [6.07, 6.45) is 4.57. The lowest BCUT2D eigenvalue weighted by molar-refractivity contribution is 0.0929. The molecule has 0 aliphatic rings. The molecule has 0 bridgehead atoms. The molecule has 0 spiro atoms. The second-order valence-corrected chi connectivity index (χ2v) is 3.31. The molecule has 0 atom stereocenters. The Morgan fingerprint density at radius 2 is 2.07 bits per heavy atom. The van der Waals surface area contributed by atoms with Gasteiger partial charge in [-0.3, -0.25) is 4.79 Å². The first kappa shape index (κ1) is 11.4. The first-order valence-electron chi connectivity index (χ1n) is 5.05. The highest BCUT2D eigenvalue weighted by Gasteiger charge is 2.11. The molecule has 0 aliphatic carbocycles. The summed E-state index contributed by atoms with van der Waals surface area (Å²) in [5.74, 6) is 0.116. The third-order valence-electron chi connectivity index (χ3n) is 2.23. The van der Waals surface area contributed by atoms with Crippen LogP contribution in [0.3, 0.4) is 0 Å². The first-order chi connectivity index (χ1) is 7.17. The zero-order valence-corrected chi connectivity index (χ0v) is 9.03. The SMILES string of the molecule is CCC(CC)NC(=O)c1cnc(N)cn1. The maximum Gasteiger partial charge on any atom is 0.271 e. The third kappa shape index (κ3) is 3.19. The van der Waals surface area contributed by atoms with Crippen LogP contribution < -0.4 is 11.1 Å². The predicted molar refractivity (Wildman–Crippen MR) is 58.3 cm³/mol. The number of carbonyl (C=O) groups excluding carboxylic acids is 1. The normalized spacial score (nSPS) is 10.3. The molecule has 1 aromatic heterocycles. The van der Waals surface area contributed by atoms with E-state index in [0.29, 0.717) is 11.5 Å². The van der Waals surface area contributed by atoms with Crippen molar-refractivity contribution in [1.82, 2.24) is 15.3 Å². The summed E-state index contributed by atoms with van der Waals surface area (Å²) in [5.41, 5.74) is 5.68. The summed E-state index contributed by atoms with van der Waals surface area (Å²) in [6, 6.07) is 0.192. The Kier molecular flexibility index (Phi) is 4.03. The molecule has 0 aromatic carbocycles. The number of nitrogen functional groups attached to an aromatic ring is 1. The molecular formula is C10H16N4O. The van der Waals surface area contributed by atoms with Crippen molar-refractivity contribution in [1.29, 1.82) is 0 Å². The molecule has 5 nitrogen and oxygen atoms in total. The van der Waals surface area contributed by atoms with Crippen molar-refractivity contribution in [2.45, 2.75) is 32.7 Å². The highest BCUT2D eigenvalue weighted by Crippen LogP contribution is 2.00. The van der Waals surface area contributed by atoms with Gasteiger partial charge in [0.2, 0.25) is 0 Å². The van der Waals surface area contributed by atoms with E-state index in [0.717, 1.165) is 12.8 Å². The topological polar surface area (TPSA) is 80.9 Å². The van der Waals surface area contributed by atoms with E-state index in [1.165, 1.54) is 12.4 Å². The standard InChI is InChI=1S/C10H16N4O/c1-3-7(4-2)14-10(15)8-5-13-9(11)6-12-8/h5-7H,3-4H2,1-2H3,(H2,11,13)(H,14,15). The van der Waals surface area contributed by atoms with Crippen LogP contribution in [0.4, 0.5) is 5.82 Å². The van der Waals surface area contributed by atoms with E-state index in [9.17, 15) is 4.79 Å². The van der Waals surface area contributed by atoms with Gasteiger partial charge in [-0.2, -0.15) is 0 Å². The number of hydrogen-bond acceptors (Lipinski definition) is 4. The van der Waals surface area contributed by atoms with Gasteiger partial charge in [-0.1, -0.05) is 13.8 Å². The summed E-state index contributed by atoms with van der Waals surface area (Å²) in [6.45, 7) is 4.06. The van der Waals surface area contributed by atoms with E-state index >= 15 is 0 Å². The summed E-state index contributed by atoms with van der Waals surface area (Å²) in [4.78, 5) is 19.3. The monoisotopic (exact) mass is 208 g/mol. The van der Waals surface area contributed by atoms with Gasteiger partial charge in [-0.25, -0.2) is 9.97 Å². The van der Waals surface area contributed by atoms with Gasteiger partial charge < -0.3 is 11.1 Å². The fourth-order valence-electron chi connectivity index (χ4n) is 1.21. The van der Waals surface area contributed by atoms with Crippen molar-refractivity contribution in [2.24, 2.45) is 0 Å². The van der Waals surface area contributed by atoms with Crippen LogP contribution in [0.5, 0.6) is 0 Å². The average molecular weight is 208 g/mol. The third-order valence-corrected chi connectivity index (χ3v) is 2.23. The number of rotatable bonds is 4. The Bertz CT molecular complexity index is 319. The van der Waals surface area contributed by atoms with Crippen molar-refractivity contribution < 1.29 is 4.79 Å². The lowest BCUT2D eigenvalue weighted by Crippen LogP contribution is -2.34. The zero-order valence-electron chi connectivity index (χ0n) is 9.03. The van der Waals surface area contributed by atoms with Gasteiger partial charge >= 0.3 is 0 Å². The lowest BCUT2D eigenvalue weighted by atomic mass is 10.1.